The minimum atomic E-state index is -0.192. The largest absolute Gasteiger partial charge is 0.310 e. The van der Waals surface area contributed by atoms with Crippen molar-refractivity contribution in [3.63, 3.8) is 0 Å². The van der Waals surface area contributed by atoms with Crippen molar-refractivity contribution in [3.05, 3.63) is 59.9 Å². The Labute approximate surface area is 120 Å². The molecule has 0 aromatic heterocycles. The molecule has 1 N–H and O–H groups in total. The van der Waals surface area contributed by atoms with Crippen LogP contribution in [-0.4, -0.2) is 6.54 Å². The summed E-state index contributed by atoms with van der Waals surface area (Å²) >= 11 is 0. The standard InChI is InChI=1S/C18H22FN/c1-3-12-20-18(4-2)15-10-8-14(9-11-15)16-6-5-7-17(19)13-16/h5-11,13,18,20H,3-4,12H2,1-2H3. The molecule has 2 rings (SSSR count). The van der Waals surface area contributed by atoms with Gasteiger partial charge in [0.15, 0.2) is 0 Å². The van der Waals surface area contributed by atoms with Crippen LogP contribution in [0.15, 0.2) is 48.5 Å². The Balaban J connectivity index is 2.17. The Morgan fingerprint density at radius 2 is 1.75 bits per heavy atom. The maximum absolute atomic E-state index is 13.2. The molecule has 0 heterocycles. The SMILES string of the molecule is CCCNC(CC)c1ccc(-c2cccc(F)c2)cc1. The number of hydrogen-bond donors (Lipinski definition) is 1. The summed E-state index contributed by atoms with van der Waals surface area (Å²) in [6.07, 6.45) is 2.21. The predicted molar refractivity (Wildman–Crippen MR) is 83.2 cm³/mol. The fraction of sp³-hybridized carbons (Fsp3) is 0.333. The monoisotopic (exact) mass is 271 g/mol. The van der Waals surface area contributed by atoms with Gasteiger partial charge < -0.3 is 5.32 Å². The van der Waals surface area contributed by atoms with E-state index in [4.69, 9.17) is 0 Å². The van der Waals surface area contributed by atoms with E-state index in [1.807, 2.05) is 6.07 Å². The van der Waals surface area contributed by atoms with Crippen molar-refractivity contribution in [2.75, 3.05) is 6.54 Å². The quantitative estimate of drug-likeness (QED) is 0.784. The fourth-order valence-electron chi connectivity index (χ4n) is 2.39. The van der Waals surface area contributed by atoms with E-state index in [1.165, 1.54) is 11.6 Å². The zero-order valence-electron chi connectivity index (χ0n) is 12.2. The summed E-state index contributed by atoms with van der Waals surface area (Å²) in [7, 11) is 0. The smallest absolute Gasteiger partial charge is 0.123 e. The lowest BCUT2D eigenvalue weighted by Gasteiger charge is -2.17. The molecule has 0 bridgehead atoms. The highest BCUT2D eigenvalue weighted by Crippen LogP contribution is 2.23. The van der Waals surface area contributed by atoms with Gasteiger partial charge in [0.1, 0.15) is 5.82 Å². The molecule has 1 nitrogen and oxygen atoms in total. The summed E-state index contributed by atoms with van der Waals surface area (Å²) in [5, 5.41) is 3.54. The molecule has 0 fully saturated rings. The molecule has 20 heavy (non-hydrogen) atoms. The third-order valence-electron chi connectivity index (χ3n) is 3.52. The highest BCUT2D eigenvalue weighted by Gasteiger charge is 2.08. The minimum Gasteiger partial charge on any atom is -0.310 e. The summed E-state index contributed by atoms with van der Waals surface area (Å²) in [5.41, 5.74) is 3.27. The van der Waals surface area contributed by atoms with Gasteiger partial charge in [-0.2, -0.15) is 0 Å². The Kier molecular flexibility index (Phi) is 5.31. The van der Waals surface area contributed by atoms with Crippen LogP contribution in [-0.2, 0) is 0 Å². The molecule has 1 unspecified atom stereocenters. The average molecular weight is 271 g/mol. The van der Waals surface area contributed by atoms with Gasteiger partial charge in [0.2, 0.25) is 0 Å². The Morgan fingerprint density at radius 3 is 2.35 bits per heavy atom. The van der Waals surface area contributed by atoms with Crippen molar-refractivity contribution in [2.24, 2.45) is 0 Å². The van der Waals surface area contributed by atoms with Crippen LogP contribution in [0.2, 0.25) is 0 Å². The van der Waals surface area contributed by atoms with Crippen LogP contribution in [0.25, 0.3) is 11.1 Å². The molecule has 2 aromatic rings. The molecule has 0 aliphatic heterocycles. The van der Waals surface area contributed by atoms with E-state index in [9.17, 15) is 4.39 Å². The third kappa shape index (κ3) is 3.67. The predicted octanol–water partition coefficient (Wildman–Crippen LogP) is 4.94. The van der Waals surface area contributed by atoms with Gasteiger partial charge in [-0.1, -0.05) is 50.2 Å². The first kappa shape index (κ1) is 14.7. The molecule has 0 aliphatic carbocycles. The molecule has 0 saturated heterocycles. The summed E-state index contributed by atoms with van der Waals surface area (Å²) in [5.74, 6) is -0.192. The zero-order valence-corrected chi connectivity index (χ0v) is 12.2. The molecule has 0 aliphatic rings. The van der Waals surface area contributed by atoms with Crippen LogP contribution in [0.3, 0.4) is 0 Å². The highest BCUT2D eigenvalue weighted by atomic mass is 19.1. The lowest BCUT2D eigenvalue weighted by Crippen LogP contribution is -2.21. The van der Waals surface area contributed by atoms with E-state index in [2.05, 4.69) is 43.4 Å². The first-order valence-electron chi connectivity index (χ1n) is 7.34. The van der Waals surface area contributed by atoms with E-state index < -0.39 is 0 Å². The van der Waals surface area contributed by atoms with Crippen molar-refractivity contribution in [1.29, 1.82) is 0 Å². The molecule has 0 amide bonds. The van der Waals surface area contributed by atoms with Gasteiger partial charge in [-0.05, 0) is 48.2 Å². The third-order valence-corrected chi connectivity index (χ3v) is 3.52. The van der Waals surface area contributed by atoms with Crippen LogP contribution in [0.1, 0.15) is 38.3 Å². The van der Waals surface area contributed by atoms with Crippen molar-refractivity contribution in [2.45, 2.75) is 32.7 Å². The molecule has 106 valence electrons. The topological polar surface area (TPSA) is 12.0 Å². The van der Waals surface area contributed by atoms with Crippen LogP contribution in [0.4, 0.5) is 4.39 Å². The molecule has 2 heteroatoms. The normalized spacial score (nSPS) is 12.3. The highest BCUT2D eigenvalue weighted by molar-refractivity contribution is 5.63. The van der Waals surface area contributed by atoms with Crippen molar-refractivity contribution in [1.82, 2.24) is 5.32 Å². The first-order chi connectivity index (χ1) is 9.74. The number of hydrogen-bond acceptors (Lipinski definition) is 1. The molecule has 1 atom stereocenters. The van der Waals surface area contributed by atoms with Crippen LogP contribution < -0.4 is 5.32 Å². The maximum atomic E-state index is 13.2. The minimum absolute atomic E-state index is 0.192. The van der Waals surface area contributed by atoms with Gasteiger partial charge >= 0.3 is 0 Å². The van der Waals surface area contributed by atoms with Gasteiger partial charge in [0.25, 0.3) is 0 Å². The number of rotatable bonds is 6. The van der Waals surface area contributed by atoms with Gasteiger partial charge in [-0.15, -0.1) is 0 Å². The fourth-order valence-corrected chi connectivity index (χ4v) is 2.39. The molecule has 0 saturated carbocycles. The van der Waals surface area contributed by atoms with E-state index in [-0.39, 0.29) is 5.82 Å². The van der Waals surface area contributed by atoms with E-state index in [1.54, 1.807) is 12.1 Å². The summed E-state index contributed by atoms with van der Waals surface area (Å²) < 4.78 is 13.2. The van der Waals surface area contributed by atoms with Crippen molar-refractivity contribution >= 4 is 0 Å². The molecule has 0 spiro atoms. The van der Waals surface area contributed by atoms with E-state index in [0.717, 1.165) is 30.5 Å². The van der Waals surface area contributed by atoms with Crippen LogP contribution in [0, 0.1) is 5.82 Å². The summed E-state index contributed by atoms with van der Waals surface area (Å²) in [4.78, 5) is 0. The van der Waals surface area contributed by atoms with Gasteiger partial charge in [0.05, 0.1) is 0 Å². The second-order valence-electron chi connectivity index (χ2n) is 5.05. The second kappa shape index (κ2) is 7.20. The van der Waals surface area contributed by atoms with Gasteiger partial charge in [-0.3, -0.25) is 0 Å². The average Bonchev–Trinajstić information content (AvgIpc) is 2.49. The molecular formula is C18H22FN. The number of nitrogens with one attached hydrogen (secondary N) is 1. The van der Waals surface area contributed by atoms with Crippen molar-refractivity contribution in [3.8, 4) is 11.1 Å². The Bertz CT molecular complexity index is 533. The lowest BCUT2D eigenvalue weighted by atomic mass is 9.99. The maximum Gasteiger partial charge on any atom is 0.123 e. The number of benzene rings is 2. The lowest BCUT2D eigenvalue weighted by molar-refractivity contribution is 0.518. The summed E-state index contributed by atoms with van der Waals surface area (Å²) in [6, 6.07) is 15.5. The number of halogens is 1. The van der Waals surface area contributed by atoms with Gasteiger partial charge in [0, 0.05) is 6.04 Å². The Morgan fingerprint density at radius 1 is 1.00 bits per heavy atom. The second-order valence-corrected chi connectivity index (χ2v) is 5.05. The Hall–Kier alpha value is -1.67. The van der Waals surface area contributed by atoms with E-state index >= 15 is 0 Å². The van der Waals surface area contributed by atoms with Gasteiger partial charge in [-0.25, -0.2) is 4.39 Å². The van der Waals surface area contributed by atoms with Crippen molar-refractivity contribution < 1.29 is 4.39 Å². The molecule has 2 aromatic carbocycles. The van der Waals surface area contributed by atoms with Crippen LogP contribution in [0.5, 0.6) is 0 Å². The first-order valence-corrected chi connectivity index (χ1v) is 7.34. The summed E-state index contributed by atoms with van der Waals surface area (Å²) in [6.45, 7) is 5.39. The van der Waals surface area contributed by atoms with Crippen LogP contribution >= 0.6 is 0 Å². The van der Waals surface area contributed by atoms with E-state index in [0.29, 0.717) is 6.04 Å². The zero-order chi connectivity index (χ0) is 14.4. The molecule has 0 radical (unpaired) electrons. The molecular weight excluding hydrogens is 249 g/mol.